The highest BCUT2D eigenvalue weighted by Gasteiger charge is 2.33. The van der Waals surface area contributed by atoms with E-state index in [1.54, 1.807) is 31.3 Å². The molecule has 1 aliphatic carbocycles. The fraction of sp³-hybridized carbons (Fsp3) is 0.185. The maximum atomic E-state index is 13.0. The lowest BCUT2D eigenvalue weighted by molar-refractivity contribution is -0.133. The van der Waals surface area contributed by atoms with Crippen LogP contribution in [0.15, 0.2) is 60.7 Å². The molecule has 0 atom stereocenters. The zero-order valence-electron chi connectivity index (χ0n) is 19.2. The van der Waals surface area contributed by atoms with Crippen LogP contribution in [0.1, 0.15) is 54.7 Å². The number of hydrogen-bond donors (Lipinski definition) is 0. The molecule has 7 nitrogen and oxygen atoms in total. The summed E-state index contributed by atoms with van der Waals surface area (Å²) in [6, 6.07) is 16.5. The predicted octanol–water partition coefficient (Wildman–Crippen LogP) is 4.33. The molecule has 0 radical (unpaired) electrons. The van der Waals surface area contributed by atoms with Crippen LogP contribution in [-0.2, 0) is 16.1 Å². The van der Waals surface area contributed by atoms with E-state index in [0.29, 0.717) is 13.2 Å². The summed E-state index contributed by atoms with van der Waals surface area (Å²) in [5.41, 5.74) is 1.40. The Morgan fingerprint density at radius 2 is 1.54 bits per heavy atom. The van der Waals surface area contributed by atoms with E-state index in [-0.39, 0.29) is 38.6 Å². The molecule has 0 aromatic heterocycles. The molecule has 0 bridgehead atoms. The zero-order valence-corrected chi connectivity index (χ0v) is 19.9. The van der Waals surface area contributed by atoms with Gasteiger partial charge in [-0.2, -0.15) is 0 Å². The van der Waals surface area contributed by atoms with Crippen molar-refractivity contribution in [3.8, 4) is 5.75 Å². The van der Waals surface area contributed by atoms with Crippen LogP contribution in [0, 0.1) is 0 Å². The molecule has 3 aromatic carbocycles. The van der Waals surface area contributed by atoms with Gasteiger partial charge in [-0.3, -0.25) is 14.4 Å². The number of nitrogens with zero attached hydrogens (tertiary/aromatic N) is 1. The number of likely N-dealkylation sites (N-methyl/N-ethyl adjacent to an activating group) is 1. The number of halogens is 1. The Hall–Kier alpha value is -3.97. The Morgan fingerprint density at radius 3 is 2.20 bits per heavy atom. The highest BCUT2D eigenvalue weighted by molar-refractivity contribution is 6.41. The van der Waals surface area contributed by atoms with Gasteiger partial charge in [-0.25, -0.2) is 4.79 Å². The van der Waals surface area contributed by atoms with Crippen LogP contribution in [-0.4, -0.2) is 48.6 Å². The molecule has 0 fully saturated rings. The number of ketones is 2. The number of carbonyl (C=O) groups excluding carboxylic acids is 4. The van der Waals surface area contributed by atoms with Crippen LogP contribution < -0.4 is 4.74 Å². The molecule has 35 heavy (non-hydrogen) atoms. The Labute approximate surface area is 207 Å². The number of esters is 1. The smallest absolute Gasteiger partial charge is 0.340 e. The van der Waals surface area contributed by atoms with Crippen LogP contribution in [0.4, 0.5) is 0 Å². The lowest BCUT2D eigenvalue weighted by Crippen LogP contribution is -2.31. The molecule has 4 rings (SSSR count). The van der Waals surface area contributed by atoms with Crippen molar-refractivity contribution in [1.82, 2.24) is 4.90 Å². The minimum atomic E-state index is -0.861. The summed E-state index contributed by atoms with van der Waals surface area (Å²) in [6.45, 7) is 2.28. The highest BCUT2D eigenvalue weighted by Crippen LogP contribution is 2.34. The maximum absolute atomic E-state index is 13.0. The van der Waals surface area contributed by atoms with Crippen molar-refractivity contribution in [2.75, 3.05) is 20.3 Å². The topological polar surface area (TPSA) is 90.0 Å². The first-order valence-corrected chi connectivity index (χ1v) is 11.3. The van der Waals surface area contributed by atoms with Gasteiger partial charge in [-0.15, -0.1) is 0 Å². The summed E-state index contributed by atoms with van der Waals surface area (Å²) in [5.74, 6) is -1.32. The molecular formula is C27H22ClNO6. The first-order chi connectivity index (χ1) is 16.8. The summed E-state index contributed by atoms with van der Waals surface area (Å²) in [6.07, 6.45) is 0. The van der Waals surface area contributed by atoms with Crippen LogP contribution in [0.3, 0.4) is 0 Å². The number of amides is 1. The first kappa shape index (κ1) is 24.2. The van der Waals surface area contributed by atoms with Gasteiger partial charge < -0.3 is 14.4 Å². The predicted molar refractivity (Wildman–Crippen MR) is 129 cm³/mol. The number of fused-ring (bicyclic) bond motifs is 2. The van der Waals surface area contributed by atoms with Gasteiger partial charge in [-0.05, 0) is 36.8 Å². The molecule has 1 amide bonds. The largest absolute Gasteiger partial charge is 0.494 e. The third-order valence-electron chi connectivity index (χ3n) is 5.66. The van der Waals surface area contributed by atoms with E-state index < -0.39 is 24.3 Å². The molecule has 178 valence electrons. The van der Waals surface area contributed by atoms with Crippen LogP contribution in [0.2, 0.25) is 5.02 Å². The van der Waals surface area contributed by atoms with Crippen molar-refractivity contribution >= 4 is 35.0 Å². The number of carbonyl (C=O) groups is 4. The fourth-order valence-corrected chi connectivity index (χ4v) is 4.17. The third kappa shape index (κ3) is 4.81. The van der Waals surface area contributed by atoms with E-state index in [1.165, 1.54) is 17.0 Å². The minimum Gasteiger partial charge on any atom is -0.494 e. The maximum Gasteiger partial charge on any atom is 0.340 e. The van der Waals surface area contributed by atoms with Gasteiger partial charge in [0, 0.05) is 30.3 Å². The monoisotopic (exact) mass is 491 g/mol. The molecule has 0 saturated carbocycles. The highest BCUT2D eigenvalue weighted by atomic mass is 35.5. The third-order valence-corrected chi connectivity index (χ3v) is 6.05. The Morgan fingerprint density at radius 1 is 0.886 bits per heavy atom. The van der Waals surface area contributed by atoms with E-state index in [1.807, 2.05) is 31.2 Å². The van der Waals surface area contributed by atoms with Gasteiger partial charge >= 0.3 is 5.97 Å². The van der Waals surface area contributed by atoms with Crippen molar-refractivity contribution < 1.29 is 28.7 Å². The van der Waals surface area contributed by atoms with Crippen molar-refractivity contribution in [3.05, 3.63) is 99.1 Å². The van der Waals surface area contributed by atoms with Crippen molar-refractivity contribution in [1.29, 1.82) is 0 Å². The summed E-state index contributed by atoms with van der Waals surface area (Å²) in [4.78, 5) is 52.4. The van der Waals surface area contributed by atoms with E-state index in [4.69, 9.17) is 21.1 Å². The van der Waals surface area contributed by atoms with Crippen LogP contribution in [0.5, 0.6) is 5.75 Å². The minimum absolute atomic E-state index is 0.0382. The fourth-order valence-electron chi connectivity index (χ4n) is 3.84. The average Bonchev–Trinajstić information content (AvgIpc) is 2.86. The molecule has 1 aliphatic rings. The summed E-state index contributed by atoms with van der Waals surface area (Å²) >= 11 is 6.39. The summed E-state index contributed by atoms with van der Waals surface area (Å²) < 4.78 is 10.6. The molecule has 0 heterocycles. The quantitative estimate of drug-likeness (QED) is 0.357. The van der Waals surface area contributed by atoms with Gasteiger partial charge in [0.05, 0.1) is 22.8 Å². The molecule has 0 unspecified atom stereocenters. The SMILES string of the molecule is CCOc1ccc(CN(C)C(=O)COC(=O)c2ccc3c(c2Cl)C(=O)c2ccccc2C3=O)cc1. The van der Waals surface area contributed by atoms with Gasteiger partial charge in [0.2, 0.25) is 0 Å². The Balaban J connectivity index is 1.43. The van der Waals surface area contributed by atoms with Crippen molar-refractivity contribution in [2.24, 2.45) is 0 Å². The summed E-state index contributed by atoms with van der Waals surface area (Å²) in [5, 5.41) is -0.171. The van der Waals surface area contributed by atoms with E-state index in [0.717, 1.165) is 11.3 Å². The Kier molecular flexibility index (Phi) is 6.98. The van der Waals surface area contributed by atoms with Crippen LogP contribution >= 0.6 is 11.6 Å². The molecule has 0 spiro atoms. The molecule has 0 N–H and O–H groups in total. The summed E-state index contributed by atoms with van der Waals surface area (Å²) in [7, 11) is 1.60. The number of rotatable bonds is 7. The van der Waals surface area contributed by atoms with Crippen LogP contribution in [0.25, 0.3) is 0 Å². The first-order valence-electron chi connectivity index (χ1n) is 11.0. The number of hydrogen-bond acceptors (Lipinski definition) is 6. The lowest BCUT2D eigenvalue weighted by atomic mass is 9.83. The molecule has 8 heteroatoms. The van der Waals surface area contributed by atoms with Gasteiger partial charge in [0.15, 0.2) is 18.2 Å². The van der Waals surface area contributed by atoms with Gasteiger partial charge in [0.1, 0.15) is 5.75 Å². The standard InChI is InChI=1S/C27H22ClNO6/c1-3-34-17-10-8-16(9-11-17)14-29(2)22(30)15-35-27(33)21-13-12-20-23(24(21)28)26(32)19-7-5-4-6-18(19)25(20)31/h4-13H,3,14-15H2,1-2H3. The average molecular weight is 492 g/mol. The van der Waals surface area contributed by atoms with E-state index >= 15 is 0 Å². The second-order valence-corrected chi connectivity index (χ2v) is 8.33. The van der Waals surface area contributed by atoms with Crippen molar-refractivity contribution in [2.45, 2.75) is 13.5 Å². The molecular weight excluding hydrogens is 470 g/mol. The second kappa shape index (κ2) is 10.1. The number of benzene rings is 3. The van der Waals surface area contributed by atoms with E-state index in [9.17, 15) is 19.2 Å². The van der Waals surface area contributed by atoms with Gasteiger partial charge in [-0.1, -0.05) is 48.0 Å². The Bertz CT molecular complexity index is 1330. The number of ether oxygens (including phenoxy) is 2. The molecule has 0 saturated heterocycles. The second-order valence-electron chi connectivity index (χ2n) is 7.96. The normalized spacial score (nSPS) is 12.0. The van der Waals surface area contributed by atoms with Crippen molar-refractivity contribution in [3.63, 3.8) is 0 Å². The lowest BCUT2D eigenvalue weighted by Gasteiger charge is -2.20. The molecule has 0 aliphatic heterocycles. The van der Waals surface area contributed by atoms with Gasteiger partial charge in [0.25, 0.3) is 5.91 Å². The van der Waals surface area contributed by atoms with E-state index in [2.05, 4.69) is 0 Å². The molecule has 3 aromatic rings. The zero-order chi connectivity index (χ0) is 25.1.